The van der Waals surface area contributed by atoms with E-state index >= 15 is 0 Å². The summed E-state index contributed by atoms with van der Waals surface area (Å²) in [5.74, 6) is 0. The van der Waals surface area contributed by atoms with Crippen molar-refractivity contribution < 1.29 is 0 Å². The number of anilines is 3. The van der Waals surface area contributed by atoms with Crippen LogP contribution in [0.1, 0.15) is 49.9 Å². The highest BCUT2D eigenvalue weighted by Crippen LogP contribution is 2.58. The molecule has 0 unspecified atom stereocenters. The molecule has 0 saturated carbocycles. The zero-order valence-corrected chi connectivity index (χ0v) is 34.4. The summed E-state index contributed by atoms with van der Waals surface area (Å²) in [5.41, 5.74) is 19.9. The summed E-state index contributed by atoms with van der Waals surface area (Å²) in [7, 11) is 0. The third kappa shape index (κ3) is 4.76. The van der Waals surface area contributed by atoms with Gasteiger partial charge in [0.25, 0.3) is 0 Å². The van der Waals surface area contributed by atoms with Gasteiger partial charge < -0.3 is 9.47 Å². The Morgan fingerprint density at radius 2 is 0.833 bits per heavy atom. The van der Waals surface area contributed by atoms with Crippen molar-refractivity contribution in [1.29, 1.82) is 0 Å². The molecule has 1 aromatic heterocycles. The van der Waals surface area contributed by atoms with Gasteiger partial charge in [-0.2, -0.15) is 0 Å². The van der Waals surface area contributed by atoms with Crippen molar-refractivity contribution in [3.8, 4) is 39.1 Å². The number of nitrogens with zero attached hydrogens (tertiary/aromatic N) is 2. The summed E-state index contributed by atoms with van der Waals surface area (Å²) >= 11 is 0. The van der Waals surface area contributed by atoms with E-state index in [1.807, 2.05) is 0 Å². The summed E-state index contributed by atoms with van der Waals surface area (Å²) in [6, 6.07) is 72.3. The third-order valence-corrected chi connectivity index (χ3v) is 13.7. The topological polar surface area (TPSA) is 8.17 Å². The monoisotopic (exact) mass is 768 g/mol. The minimum Gasteiger partial charge on any atom is -0.309 e. The van der Waals surface area contributed by atoms with Gasteiger partial charge in [-0.25, -0.2) is 0 Å². The van der Waals surface area contributed by atoms with Crippen LogP contribution in [0.25, 0.3) is 71.6 Å². The van der Waals surface area contributed by atoms with Crippen LogP contribution >= 0.6 is 0 Å². The van der Waals surface area contributed by atoms with Crippen molar-refractivity contribution in [2.24, 2.45) is 0 Å². The molecule has 12 rings (SSSR count). The lowest BCUT2D eigenvalue weighted by Gasteiger charge is -2.36. The van der Waals surface area contributed by atoms with Crippen LogP contribution in [0.2, 0.25) is 0 Å². The maximum atomic E-state index is 2.61. The van der Waals surface area contributed by atoms with Crippen LogP contribution in [-0.2, 0) is 10.8 Å². The summed E-state index contributed by atoms with van der Waals surface area (Å²) in [4.78, 5) is 2.61. The van der Waals surface area contributed by atoms with E-state index in [1.165, 1.54) is 105 Å². The maximum Gasteiger partial charge on any atom is 0.0541 e. The second-order valence-corrected chi connectivity index (χ2v) is 17.7. The molecule has 0 radical (unpaired) electrons. The van der Waals surface area contributed by atoms with Crippen LogP contribution in [0, 0.1) is 0 Å². The minimum absolute atomic E-state index is 0.216. The Bertz CT molecular complexity index is 3230. The molecule has 0 aliphatic heterocycles. The molecule has 60 heavy (non-hydrogen) atoms. The number of fused-ring (bicyclic) bond motifs is 10. The van der Waals surface area contributed by atoms with Gasteiger partial charge in [-0.05, 0) is 97.9 Å². The standard InChI is InChI=1S/C58H44N2/c1-57(2)47-26-10-5-20-40(47)44-24-16-32-53(55(44)57)60(54-33-17-25-45-41-21-6-11-27-48(41)58(3,4)56(45)54)49-28-12-7-19-39(49)38-35-34-37-18-15-31-52(46(37)36-38)59-50-29-13-8-22-42(50)43-23-9-14-30-51(43)59/h5-36H,1-4H3. The first-order chi connectivity index (χ1) is 29.3. The number of rotatable bonds is 5. The normalized spacial score (nSPS) is 14.3. The van der Waals surface area contributed by atoms with Crippen LogP contribution in [-0.4, -0.2) is 4.57 Å². The van der Waals surface area contributed by atoms with Gasteiger partial charge in [0.05, 0.1) is 33.8 Å². The first-order valence-electron chi connectivity index (χ1n) is 21.2. The van der Waals surface area contributed by atoms with E-state index in [2.05, 4.69) is 231 Å². The highest BCUT2D eigenvalue weighted by atomic mass is 15.2. The largest absolute Gasteiger partial charge is 0.309 e. The lowest BCUT2D eigenvalue weighted by molar-refractivity contribution is 0.656. The van der Waals surface area contributed by atoms with E-state index in [4.69, 9.17) is 0 Å². The molecule has 0 bridgehead atoms. The summed E-state index contributed by atoms with van der Waals surface area (Å²) in [6.45, 7) is 9.61. The predicted octanol–water partition coefficient (Wildman–Crippen LogP) is 15.7. The summed E-state index contributed by atoms with van der Waals surface area (Å²) in [6.07, 6.45) is 0. The Morgan fingerprint density at radius 3 is 1.43 bits per heavy atom. The molecule has 2 aliphatic rings. The van der Waals surface area contributed by atoms with Gasteiger partial charge >= 0.3 is 0 Å². The van der Waals surface area contributed by atoms with Crippen molar-refractivity contribution >= 4 is 49.6 Å². The van der Waals surface area contributed by atoms with Gasteiger partial charge in [-0.15, -0.1) is 0 Å². The SMILES string of the molecule is CC1(C)c2ccccc2-c2cccc(N(c3ccccc3-c3ccc4cccc(-n5c6ccccc6c6ccccc65)c4c3)c3cccc4c3C(C)(C)c3ccccc3-4)c21. The number of aromatic nitrogens is 1. The van der Waals surface area contributed by atoms with E-state index in [0.29, 0.717) is 0 Å². The Hall–Kier alpha value is -7.16. The Kier molecular flexibility index (Phi) is 7.36. The quantitative estimate of drug-likeness (QED) is 0.169. The van der Waals surface area contributed by atoms with Gasteiger partial charge in [-0.3, -0.25) is 0 Å². The highest BCUT2D eigenvalue weighted by Gasteiger charge is 2.42. The second-order valence-electron chi connectivity index (χ2n) is 17.7. The fourth-order valence-electron chi connectivity index (χ4n) is 11.1. The Morgan fingerprint density at radius 1 is 0.367 bits per heavy atom. The lowest BCUT2D eigenvalue weighted by Crippen LogP contribution is -2.24. The predicted molar refractivity (Wildman–Crippen MR) is 254 cm³/mol. The Balaban J connectivity index is 1.13. The molecule has 0 fully saturated rings. The molecule has 10 aromatic rings. The number of hydrogen-bond acceptors (Lipinski definition) is 1. The van der Waals surface area contributed by atoms with Crippen molar-refractivity contribution in [3.05, 3.63) is 216 Å². The summed E-state index contributed by atoms with van der Waals surface area (Å²) in [5, 5.41) is 4.97. The molecular formula is C58H44N2. The van der Waals surface area contributed by atoms with Crippen LogP contribution < -0.4 is 4.90 Å². The van der Waals surface area contributed by atoms with Crippen molar-refractivity contribution in [2.75, 3.05) is 4.90 Å². The van der Waals surface area contributed by atoms with E-state index in [0.717, 1.165) is 5.69 Å². The van der Waals surface area contributed by atoms with Crippen molar-refractivity contribution in [2.45, 2.75) is 38.5 Å². The van der Waals surface area contributed by atoms with Crippen LogP contribution in [0.5, 0.6) is 0 Å². The van der Waals surface area contributed by atoms with Crippen LogP contribution in [0.3, 0.4) is 0 Å². The molecule has 2 nitrogen and oxygen atoms in total. The molecular weight excluding hydrogens is 725 g/mol. The fourth-order valence-corrected chi connectivity index (χ4v) is 11.1. The molecule has 2 aliphatic carbocycles. The molecule has 0 spiro atoms. The number of para-hydroxylation sites is 3. The fraction of sp³-hybridized carbons (Fsp3) is 0.103. The smallest absolute Gasteiger partial charge is 0.0541 e. The van der Waals surface area contributed by atoms with E-state index in [-0.39, 0.29) is 10.8 Å². The van der Waals surface area contributed by atoms with Gasteiger partial charge in [0.1, 0.15) is 0 Å². The molecule has 0 amide bonds. The van der Waals surface area contributed by atoms with Crippen molar-refractivity contribution in [1.82, 2.24) is 4.57 Å². The van der Waals surface area contributed by atoms with Gasteiger partial charge in [0.2, 0.25) is 0 Å². The molecule has 9 aromatic carbocycles. The molecule has 0 atom stereocenters. The number of hydrogen-bond donors (Lipinski definition) is 0. The minimum atomic E-state index is -0.216. The Labute approximate surface area is 351 Å². The zero-order valence-electron chi connectivity index (χ0n) is 34.4. The van der Waals surface area contributed by atoms with E-state index in [1.54, 1.807) is 0 Å². The maximum absolute atomic E-state index is 2.61. The molecule has 0 N–H and O–H groups in total. The van der Waals surface area contributed by atoms with Crippen molar-refractivity contribution in [3.63, 3.8) is 0 Å². The van der Waals surface area contributed by atoms with Crippen LogP contribution in [0.4, 0.5) is 17.1 Å². The third-order valence-electron chi connectivity index (χ3n) is 13.7. The van der Waals surface area contributed by atoms with E-state index < -0.39 is 0 Å². The lowest BCUT2D eigenvalue weighted by atomic mass is 9.79. The number of benzene rings is 9. The highest BCUT2D eigenvalue weighted by molar-refractivity contribution is 6.11. The average Bonchev–Trinajstić information content (AvgIpc) is 3.84. The van der Waals surface area contributed by atoms with Gasteiger partial charge in [-0.1, -0.05) is 179 Å². The van der Waals surface area contributed by atoms with Gasteiger partial charge in [0, 0.05) is 32.6 Å². The first kappa shape index (κ1) is 34.8. The molecule has 286 valence electrons. The molecule has 1 heterocycles. The van der Waals surface area contributed by atoms with E-state index in [9.17, 15) is 0 Å². The zero-order chi connectivity index (χ0) is 40.3. The average molecular weight is 769 g/mol. The van der Waals surface area contributed by atoms with Crippen LogP contribution in [0.15, 0.2) is 194 Å². The molecule has 0 saturated heterocycles. The summed E-state index contributed by atoms with van der Waals surface area (Å²) < 4.78 is 2.45. The van der Waals surface area contributed by atoms with Gasteiger partial charge in [0.15, 0.2) is 0 Å². The molecule has 2 heteroatoms. The second kappa shape index (κ2) is 12.7. The first-order valence-corrected chi connectivity index (χ1v) is 21.2.